The van der Waals surface area contributed by atoms with E-state index in [2.05, 4.69) is 38.8 Å². The van der Waals surface area contributed by atoms with E-state index in [4.69, 9.17) is 9.47 Å². The van der Waals surface area contributed by atoms with E-state index in [0.29, 0.717) is 24.9 Å². The fraction of sp³-hybridized carbons (Fsp3) is 0.895. The van der Waals surface area contributed by atoms with E-state index in [0.717, 1.165) is 36.3 Å². The summed E-state index contributed by atoms with van der Waals surface area (Å²) >= 11 is 7.19. The molecule has 0 N–H and O–H groups in total. The van der Waals surface area contributed by atoms with Crippen molar-refractivity contribution in [1.29, 1.82) is 0 Å². The van der Waals surface area contributed by atoms with Crippen molar-refractivity contribution in [2.45, 2.75) is 64.6 Å². The highest BCUT2D eigenvalue weighted by molar-refractivity contribution is 9.09. The molecule has 6 unspecified atom stereocenters. The number of Topliss-reactive ketones (excluding diaryl/α,β-unsaturated/α-hetero) is 1. The molecule has 2 heterocycles. The Morgan fingerprint density at radius 2 is 1.88 bits per heavy atom. The smallest absolute Gasteiger partial charge is 0.309 e. The van der Waals surface area contributed by atoms with Crippen LogP contribution in [-0.4, -0.2) is 41.2 Å². The third kappa shape index (κ3) is 5.29. The van der Waals surface area contributed by atoms with Crippen LogP contribution in [0.25, 0.3) is 0 Å². The Kier molecular flexibility index (Phi) is 8.89. The highest BCUT2D eigenvalue weighted by Crippen LogP contribution is 2.46. The quantitative estimate of drug-likeness (QED) is 0.340. The molecule has 2 saturated heterocycles. The lowest BCUT2D eigenvalue weighted by Crippen LogP contribution is -2.55. The minimum absolute atomic E-state index is 0.0860. The average molecular weight is 482 g/mol. The van der Waals surface area contributed by atoms with E-state index in [1.807, 2.05) is 0 Å². The van der Waals surface area contributed by atoms with Crippen molar-refractivity contribution in [2.75, 3.05) is 17.3 Å². The molecular formula is C19H30Br2O4. The first-order valence-electron chi connectivity index (χ1n) is 9.52. The maximum absolute atomic E-state index is 13.0. The molecule has 6 heteroatoms. The van der Waals surface area contributed by atoms with Crippen molar-refractivity contribution in [1.82, 2.24) is 0 Å². The molecule has 1 aliphatic carbocycles. The van der Waals surface area contributed by atoms with E-state index >= 15 is 0 Å². The van der Waals surface area contributed by atoms with Crippen LogP contribution in [0.4, 0.5) is 0 Å². The van der Waals surface area contributed by atoms with Crippen LogP contribution in [0.15, 0.2) is 0 Å². The molecule has 0 aromatic carbocycles. The summed E-state index contributed by atoms with van der Waals surface area (Å²) in [5.74, 6) is 0.757. The Bertz CT molecular complexity index is 457. The van der Waals surface area contributed by atoms with Crippen molar-refractivity contribution in [3.8, 4) is 0 Å². The number of carbonyl (C=O) groups is 2. The Labute approximate surface area is 168 Å². The summed E-state index contributed by atoms with van der Waals surface area (Å²) in [4.78, 5) is 25.2. The van der Waals surface area contributed by atoms with Gasteiger partial charge < -0.3 is 9.47 Å². The van der Waals surface area contributed by atoms with Gasteiger partial charge in [0.1, 0.15) is 6.10 Å². The second kappa shape index (κ2) is 10.4. The molecule has 0 amide bonds. The Morgan fingerprint density at radius 3 is 2.44 bits per heavy atom. The zero-order chi connectivity index (χ0) is 18.4. The molecule has 0 aromatic rings. The normalized spacial score (nSPS) is 32.4. The van der Waals surface area contributed by atoms with Gasteiger partial charge in [-0.1, -0.05) is 51.6 Å². The molecule has 0 spiro atoms. The minimum Gasteiger partial charge on any atom is -0.466 e. The molecular weight excluding hydrogens is 452 g/mol. The number of alkyl halides is 2. The molecule has 25 heavy (non-hydrogen) atoms. The molecule has 3 fully saturated rings. The van der Waals surface area contributed by atoms with Gasteiger partial charge in [0, 0.05) is 17.1 Å². The van der Waals surface area contributed by atoms with E-state index in [1.165, 1.54) is 0 Å². The second-order valence-electron chi connectivity index (χ2n) is 7.32. The van der Waals surface area contributed by atoms with Gasteiger partial charge in [-0.15, -0.1) is 0 Å². The van der Waals surface area contributed by atoms with Gasteiger partial charge in [-0.2, -0.15) is 0 Å². The summed E-state index contributed by atoms with van der Waals surface area (Å²) in [6, 6.07) is 0. The monoisotopic (exact) mass is 480 g/mol. The molecule has 3 rings (SSSR count). The summed E-state index contributed by atoms with van der Waals surface area (Å²) in [5, 5.41) is 1.83. The number of hydrogen-bond acceptors (Lipinski definition) is 4. The Hall–Kier alpha value is 0.0600. The Balaban J connectivity index is 2.03. The summed E-state index contributed by atoms with van der Waals surface area (Å²) in [5.41, 5.74) is 0. The molecule has 2 bridgehead atoms. The number of carbonyl (C=O) groups excluding carboxylic acids is 2. The van der Waals surface area contributed by atoms with Gasteiger partial charge in [-0.05, 0) is 43.9 Å². The fourth-order valence-corrected chi connectivity index (χ4v) is 5.64. The molecule has 2 aliphatic heterocycles. The minimum atomic E-state index is -0.352. The zero-order valence-corrected chi connectivity index (χ0v) is 18.4. The van der Waals surface area contributed by atoms with Crippen molar-refractivity contribution < 1.29 is 19.1 Å². The van der Waals surface area contributed by atoms with Gasteiger partial charge in [0.15, 0.2) is 5.78 Å². The lowest BCUT2D eigenvalue weighted by atomic mass is 9.67. The van der Waals surface area contributed by atoms with Gasteiger partial charge in [0.25, 0.3) is 0 Å². The van der Waals surface area contributed by atoms with Gasteiger partial charge in [-0.3, -0.25) is 9.59 Å². The van der Waals surface area contributed by atoms with Crippen molar-refractivity contribution in [3.63, 3.8) is 0 Å². The van der Waals surface area contributed by atoms with Crippen LogP contribution in [0.2, 0.25) is 0 Å². The number of fused-ring (bicyclic) bond motifs is 3. The van der Waals surface area contributed by atoms with Crippen LogP contribution in [0.5, 0.6) is 0 Å². The molecule has 3 aliphatic rings. The van der Waals surface area contributed by atoms with E-state index in [1.54, 1.807) is 6.92 Å². The number of esters is 1. The number of unbranched alkanes of at least 4 members (excludes halogenated alkanes) is 1. The average Bonchev–Trinajstić information content (AvgIpc) is 2.64. The first-order valence-corrected chi connectivity index (χ1v) is 11.8. The highest BCUT2D eigenvalue weighted by atomic mass is 79.9. The third-order valence-electron chi connectivity index (χ3n) is 5.64. The fourth-order valence-electron chi connectivity index (χ4n) is 4.21. The van der Waals surface area contributed by atoms with Crippen LogP contribution in [-0.2, 0) is 19.1 Å². The van der Waals surface area contributed by atoms with Crippen LogP contribution < -0.4 is 0 Å². The van der Waals surface area contributed by atoms with Crippen LogP contribution in [0.3, 0.4) is 0 Å². The Morgan fingerprint density at radius 1 is 1.16 bits per heavy atom. The molecule has 144 valence electrons. The maximum atomic E-state index is 13.0. The zero-order valence-electron chi connectivity index (χ0n) is 15.2. The third-order valence-corrected chi connectivity index (χ3v) is 7.30. The first kappa shape index (κ1) is 21.4. The van der Waals surface area contributed by atoms with Crippen LogP contribution in [0, 0.1) is 23.7 Å². The largest absolute Gasteiger partial charge is 0.466 e. The summed E-state index contributed by atoms with van der Waals surface area (Å²) in [7, 11) is 0. The van der Waals surface area contributed by atoms with Gasteiger partial charge >= 0.3 is 5.97 Å². The predicted octanol–water partition coefficient (Wildman–Crippen LogP) is 4.51. The number of ketones is 1. The number of hydrogen-bond donors (Lipinski definition) is 0. The van der Waals surface area contributed by atoms with E-state index < -0.39 is 0 Å². The number of ether oxygens (including phenoxy) is 2. The van der Waals surface area contributed by atoms with Gasteiger partial charge in [-0.25, -0.2) is 0 Å². The summed E-state index contributed by atoms with van der Waals surface area (Å²) in [6.07, 6.45) is 4.76. The van der Waals surface area contributed by atoms with Gasteiger partial charge in [0.05, 0.1) is 18.6 Å². The number of rotatable bonds is 10. The molecule has 1 saturated carbocycles. The lowest BCUT2D eigenvalue weighted by molar-refractivity contribution is -0.182. The van der Waals surface area contributed by atoms with E-state index in [9.17, 15) is 9.59 Å². The highest BCUT2D eigenvalue weighted by Gasteiger charge is 2.49. The van der Waals surface area contributed by atoms with Crippen molar-refractivity contribution >= 4 is 43.6 Å². The lowest BCUT2D eigenvalue weighted by Gasteiger charge is -2.50. The molecule has 6 atom stereocenters. The van der Waals surface area contributed by atoms with Crippen molar-refractivity contribution in [3.05, 3.63) is 0 Å². The van der Waals surface area contributed by atoms with E-state index in [-0.39, 0.29) is 42.2 Å². The van der Waals surface area contributed by atoms with Crippen LogP contribution in [0.1, 0.15) is 52.4 Å². The number of halogens is 2. The van der Waals surface area contributed by atoms with Crippen LogP contribution >= 0.6 is 31.9 Å². The standard InChI is InChI=1S/C19H30Br2O4/c1-3-5-6-12(19(23)24-4-2)8-16(22)18-15-7-14(11-21)17(25-18)9-13(15)10-20/h12-15,17-18H,3-11H2,1-2H3. The first-order chi connectivity index (χ1) is 12.0. The summed E-state index contributed by atoms with van der Waals surface area (Å²) < 4.78 is 11.4. The SMILES string of the molecule is CCCCC(CC(=O)C1OC2CC(CBr)C1CC2CBr)C(=O)OCC. The van der Waals surface area contributed by atoms with Crippen molar-refractivity contribution in [2.24, 2.45) is 23.7 Å². The topological polar surface area (TPSA) is 52.6 Å². The summed E-state index contributed by atoms with van der Waals surface area (Å²) in [6.45, 7) is 4.26. The molecule has 4 nitrogen and oxygen atoms in total. The van der Waals surface area contributed by atoms with Gasteiger partial charge in [0.2, 0.25) is 0 Å². The second-order valence-corrected chi connectivity index (χ2v) is 8.62. The molecule has 0 radical (unpaired) electrons. The predicted molar refractivity (Wildman–Crippen MR) is 105 cm³/mol. The maximum Gasteiger partial charge on any atom is 0.309 e. The molecule has 0 aromatic heterocycles.